The van der Waals surface area contributed by atoms with Gasteiger partial charge in [0.15, 0.2) is 6.29 Å². The molecule has 2 fully saturated rings. The molecule has 0 bridgehead atoms. The van der Waals surface area contributed by atoms with Crippen LogP contribution in [0.3, 0.4) is 0 Å². The zero-order chi connectivity index (χ0) is 56.0. The highest BCUT2D eigenvalue weighted by Gasteiger charge is 2.52. The molecule has 0 amide bonds. The van der Waals surface area contributed by atoms with Gasteiger partial charge in [-0.25, -0.2) is 0 Å². The van der Waals surface area contributed by atoms with Crippen molar-refractivity contribution < 1.29 is 56.6 Å². The third-order valence-electron chi connectivity index (χ3n) is 13.9. The summed E-state index contributed by atoms with van der Waals surface area (Å²) >= 11 is 7.55. The van der Waals surface area contributed by atoms with Crippen LogP contribution in [0.1, 0.15) is 38.9 Å². The summed E-state index contributed by atoms with van der Waals surface area (Å²) in [5.74, 6) is 0. The SMILES string of the molecule is OP(=S)(OC[C@H]1O[C@@H](Sc2ccccc2)[C@H](OCc2ccccc2)[C@@H](OCc2ccccc2)[C@@H]1OCc1ccccc1)O[C@H]1O[C@H](COCc2ccccc2)[C@@H](OCc2ccccc2)[C@H](OCc2ccccc2)[C@@H]1OCc1ccccc1. The molecule has 2 saturated heterocycles. The van der Waals surface area contributed by atoms with E-state index in [2.05, 4.69) is 0 Å². The van der Waals surface area contributed by atoms with Crippen molar-refractivity contribution in [1.82, 2.24) is 0 Å². The van der Waals surface area contributed by atoms with E-state index >= 15 is 0 Å². The summed E-state index contributed by atoms with van der Waals surface area (Å²) in [6, 6.07) is 79.4. The molecule has 15 heteroatoms. The molecule has 11 atom stereocenters. The van der Waals surface area contributed by atoms with Crippen molar-refractivity contribution in [3.63, 3.8) is 0 Å². The molecule has 1 unspecified atom stereocenters. The minimum Gasteiger partial charge on any atom is -0.374 e. The van der Waals surface area contributed by atoms with Crippen molar-refractivity contribution in [3.05, 3.63) is 282 Å². The van der Waals surface area contributed by atoms with Gasteiger partial charge in [-0.2, -0.15) is 0 Å². The van der Waals surface area contributed by atoms with Gasteiger partial charge in [-0.1, -0.05) is 242 Å². The smallest absolute Gasteiger partial charge is 0.327 e. The fourth-order valence-electron chi connectivity index (χ4n) is 9.77. The van der Waals surface area contributed by atoms with Crippen LogP contribution in [0.4, 0.5) is 0 Å². The molecule has 2 aliphatic rings. The zero-order valence-corrected chi connectivity index (χ0v) is 48.0. The zero-order valence-electron chi connectivity index (χ0n) is 45.4. The predicted molar refractivity (Wildman–Crippen MR) is 319 cm³/mol. The van der Waals surface area contributed by atoms with Crippen molar-refractivity contribution in [1.29, 1.82) is 0 Å². The fraction of sp³-hybridized carbons (Fsp3) is 0.284. The Labute approximate surface area is 490 Å². The van der Waals surface area contributed by atoms with E-state index in [1.165, 1.54) is 11.8 Å². The summed E-state index contributed by atoms with van der Waals surface area (Å²) in [4.78, 5) is 13.5. The van der Waals surface area contributed by atoms with Crippen molar-refractivity contribution >= 4 is 30.3 Å². The summed E-state index contributed by atoms with van der Waals surface area (Å²) < 4.78 is 75.3. The maximum atomic E-state index is 12.6. The van der Waals surface area contributed by atoms with E-state index in [1.54, 1.807) is 0 Å². The maximum Gasteiger partial charge on any atom is 0.327 e. The highest BCUT2D eigenvalue weighted by molar-refractivity contribution is 8.07. The first kappa shape index (κ1) is 59.4. The maximum absolute atomic E-state index is 12.6. The molecule has 426 valence electrons. The summed E-state index contributed by atoms with van der Waals surface area (Å²) in [6.07, 6.45) is -7.88. The summed E-state index contributed by atoms with van der Waals surface area (Å²) in [5, 5.41) is 0. The van der Waals surface area contributed by atoms with Crippen LogP contribution in [0.25, 0.3) is 0 Å². The van der Waals surface area contributed by atoms with E-state index < -0.39 is 67.3 Å². The molecular formula is C67H69O12PS2. The Bertz CT molecular complexity index is 3090. The molecule has 1 N–H and O–H groups in total. The molecule has 0 spiro atoms. The van der Waals surface area contributed by atoms with Crippen molar-refractivity contribution in [2.24, 2.45) is 0 Å². The average molecular weight is 1160 g/mol. The Morgan fingerprint density at radius 1 is 0.354 bits per heavy atom. The summed E-state index contributed by atoms with van der Waals surface area (Å²) in [6.45, 7) is -2.89. The number of ether oxygens (including phenoxy) is 9. The molecule has 8 aromatic rings. The second-order valence-electron chi connectivity index (χ2n) is 20.0. The van der Waals surface area contributed by atoms with Gasteiger partial charge in [0.05, 0.1) is 59.5 Å². The van der Waals surface area contributed by atoms with E-state index in [9.17, 15) is 4.89 Å². The highest BCUT2D eigenvalue weighted by atomic mass is 32.5. The van der Waals surface area contributed by atoms with Crippen LogP contribution in [-0.2, 0) is 110 Å². The normalized spacial score (nSPS) is 23.4. The Morgan fingerprint density at radius 2 is 0.659 bits per heavy atom. The quantitative estimate of drug-likeness (QED) is 0.0448. The van der Waals surface area contributed by atoms with E-state index in [1.807, 2.05) is 243 Å². The largest absolute Gasteiger partial charge is 0.374 e. The highest BCUT2D eigenvalue weighted by Crippen LogP contribution is 2.49. The second kappa shape index (κ2) is 31.3. The van der Waals surface area contributed by atoms with Crippen molar-refractivity contribution in [2.45, 2.75) is 112 Å². The first-order valence-electron chi connectivity index (χ1n) is 27.6. The molecule has 2 heterocycles. The standard InChI is InChI=1S/C67H69O12PS2/c68-80(81,76-49-59-61(71-43-52-29-13-3-14-30-52)63(73-45-54-33-17-5-18-34-54)65(75-47-56-37-21-7-22-38-56)67(78-59)82-57-39-23-8-24-40-57)79-66-64(74-46-55-35-19-6-20-36-55)62(72-44-53-31-15-4-16-32-53)60(70-42-51-27-11-2-12-28-51)58(77-66)48-69-41-50-25-9-1-10-26-50/h1-40,58-67H,41-49H2,(H,68,81)/t58-,59-,60-,61-,62+,63+,64+,65-,66-,67+,80?/m1/s1. The minimum atomic E-state index is -4.31. The Morgan fingerprint density at radius 3 is 1.05 bits per heavy atom. The van der Waals surface area contributed by atoms with Crippen LogP contribution in [-0.4, -0.2) is 78.7 Å². The van der Waals surface area contributed by atoms with Gasteiger partial charge in [-0.3, -0.25) is 4.52 Å². The minimum absolute atomic E-state index is 0.0642. The van der Waals surface area contributed by atoms with Crippen molar-refractivity contribution in [3.8, 4) is 0 Å². The third kappa shape index (κ3) is 17.9. The molecule has 8 aromatic carbocycles. The number of rotatable bonds is 29. The number of hydrogen-bond acceptors (Lipinski definition) is 13. The molecule has 0 radical (unpaired) electrons. The van der Waals surface area contributed by atoms with Gasteiger partial charge in [0.2, 0.25) is 0 Å². The summed E-state index contributed by atoms with van der Waals surface area (Å²) in [5.41, 5.74) is 6.00. The van der Waals surface area contributed by atoms with Gasteiger partial charge in [0, 0.05) is 4.90 Å². The van der Waals surface area contributed by atoms with E-state index in [0.29, 0.717) is 6.61 Å². The molecule has 0 aromatic heterocycles. The first-order chi connectivity index (χ1) is 40.4. The van der Waals surface area contributed by atoms with Crippen LogP contribution >= 0.6 is 18.5 Å². The Kier molecular flexibility index (Phi) is 22.7. The lowest BCUT2D eigenvalue weighted by molar-refractivity contribution is -0.311. The molecule has 2 aliphatic heterocycles. The molecule has 12 nitrogen and oxygen atoms in total. The lowest BCUT2D eigenvalue weighted by Crippen LogP contribution is -2.61. The van der Waals surface area contributed by atoms with Gasteiger partial charge in [0.1, 0.15) is 54.3 Å². The number of thioether (sulfide) groups is 1. The van der Waals surface area contributed by atoms with Crippen molar-refractivity contribution in [2.75, 3.05) is 13.2 Å². The number of hydrogen-bond donors (Lipinski definition) is 1. The Balaban J connectivity index is 0.971. The van der Waals surface area contributed by atoms with Crippen LogP contribution in [0, 0.1) is 0 Å². The molecule has 0 saturated carbocycles. The monoisotopic (exact) mass is 1160 g/mol. The van der Waals surface area contributed by atoms with Crippen LogP contribution in [0.5, 0.6) is 0 Å². The number of benzene rings is 8. The van der Waals surface area contributed by atoms with Gasteiger partial charge in [0.25, 0.3) is 0 Å². The van der Waals surface area contributed by atoms with E-state index in [-0.39, 0.29) is 52.9 Å². The average Bonchev–Trinajstić information content (AvgIpc) is 3.59. The lowest BCUT2D eigenvalue weighted by Gasteiger charge is -2.47. The molecular weight excluding hydrogens is 1090 g/mol. The van der Waals surface area contributed by atoms with Gasteiger partial charge in [-0.05, 0) is 62.9 Å². The lowest BCUT2D eigenvalue weighted by atomic mass is 9.98. The van der Waals surface area contributed by atoms with E-state index in [4.69, 9.17) is 63.5 Å². The van der Waals surface area contributed by atoms with Gasteiger partial charge < -0.3 is 52.0 Å². The van der Waals surface area contributed by atoms with Crippen LogP contribution < -0.4 is 0 Å². The fourth-order valence-corrected chi connectivity index (χ4v) is 12.2. The molecule has 82 heavy (non-hydrogen) atoms. The first-order valence-corrected chi connectivity index (χ1v) is 31.1. The van der Waals surface area contributed by atoms with E-state index in [0.717, 1.165) is 43.8 Å². The third-order valence-corrected chi connectivity index (χ3v) is 16.6. The Hall–Kier alpha value is -5.72. The van der Waals surface area contributed by atoms with Crippen LogP contribution in [0.15, 0.2) is 248 Å². The predicted octanol–water partition coefficient (Wildman–Crippen LogP) is 13.2. The van der Waals surface area contributed by atoms with Gasteiger partial charge in [-0.15, -0.1) is 0 Å². The second-order valence-corrected chi connectivity index (χ2v) is 23.9. The molecule has 0 aliphatic carbocycles. The van der Waals surface area contributed by atoms with Gasteiger partial charge >= 0.3 is 6.72 Å². The van der Waals surface area contributed by atoms with Crippen LogP contribution in [0.2, 0.25) is 0 Å². The molecule has 10 rings (SSSR count). The topological polar surface area (TPSA) is 122 Å². The summed E-state index contributed by atoms with van der Waals surface area (Å²) in [7, 11) is 0.